The summed E-state index contributed by atoms with van der Waals surface area (Å²) < 4.78 is 16.5. The molecule has 4 rings (SSSR count). The number of aromatic nitrogens is 5. The fourth-order valence-electron chi connectivity index (χ4n) is 2.40. The molecule has 0 spiro atoms. The third-order valence-corrected chi connectivity index (χ3v) is 4.38. The van der Waals surface area contributed by atoms with Crippen LogP contribution in [0.3, 0.4) is 0 Å². The first-order chi connectivity index (χ1) is 11.2. The van der Waals surface area contributed by atoms with Gasteiger partial charge in [-0.15, -0.1) is 5.10 Å². The van der Waals surface area contributed by atoms with Gasteiger partial charge in [0.15, 0.2) is 5.82 Å². The van der Waals surface area contributed by atoms with Crippen LogP contribution in [0.4, 0.5) is 4.39 Å². The highest BCUT2D eigenvalue weighted by molar-refractivity contribution is 14.1. The van der Waals surface area contributed by atoms with E-state index < -0.39 is 0 Å². The number of benzene rings is 2. The third-order valence-electron chi connectivity index (χ3n) is 3.48. The van der Waals surface area contributed by atoms with Crippen LogP contribution in [0.2, 0.25) is 0 Å². The van der Waals surface area contributed by atoms with Gasteiger partial charge in [0.25, 0.3) is 0 Å². The van der Waals surface area contributed by atoms with E-state index in [9.17, 15) is 4.39 Å². The standard InChI is InChI=1S/C16H9FIN5/c17-12-5-3-6-13(18)15(12)16-20-21-22-23(16)11-8-10-4-1-2-7-14(10)19-9-11/h1-9H. The highest BCUT2D eigenvalue weighted by atomic mass is 127. The van der Waals surface area contributed by atoms with Crippen LogP contribution in [0, 0.1) is 9.39 Å². The van der Waals surface area contributed by atoms with Gasteiger partial charge in [0, 0.05) is 8.96 Å². The summed E-state index contributed by atoms with van der Waals surface area (Å²) >= 11 is 2.07. The second kappa shape index (κ2) is 5.65. The van der Waals surface area contributed by atoms with E-state index in [1.165, 1.54) is 10.7 Å². The van der Waals surface area contributed by atoms with Crippen molar-refractivity contribution in [3.8, 4) is 17.1 Å². The average Bonchev–Trinajstić information content (AvgIpc) is 3.03. The Morgan fingerprint density at radius 3 is 2.78 bits per heavy atom. The first-order valence-electron chi connectivity index (χ1n) is 6.82. The van der Waals surface area contributed by atoms with Crippen LogP contribution in [0.5, 0.6) is 0 Å². The molecule has 112 valence electrons. The lowest BCUT2D eigenvalue weighted by atomic mass is 10.2. The Morgan fingerprint density at radius 1 is 1.04 bits per heavy atom. The fraction of sp³-hybridized carbons (Fsp3) is 0. The number of pyridine rings is 1. The highest BCUT2D eigenvalue weighted by Gasteiger charge is 2.18. The number of fused-ring (bicyclic) bond motifs is 1. The summed E-state index contributed by atoms with van der Waals surface area (Å²) in [5, 5.41) is 12.7. The molecule has 0 atom stereocenters. The van der Waals surface area contributed by atoms with Crippen LogP contribution in [0.15, 0.2) is 54.7 Å². The Kier molecular flexibility index (Phi) is 3.49. The van der Waals surface area contributed by atoms with Gasteiger partial charge in [-0.1, -0.05) is 24.3 Å². The number of tetrazole rings is 1. The largest absolute Gasteiger partial charge is 0.254 e. The quantitative estimate of drug-likeness (QED) is 0.468. The molecule has 0 saturated heterocycles. The number of nitrogens with zero attached hydrogens (tertiary/aromatic N) is 5. The first-order valence-corrected chi connectivity index (χ1v) is 7.90. The van der Waals surface area contributed by atoms with Gasteiger partial charge < -0.3 is 0 Å². The summed E-state index contributed by atoms with van der Waals surface area (Å²) in [6.45, 7) is 0. The van der Waals surface area contributed by atoms with E-state index in [-0.39, 0.29) is 5.82 Å². The Labute approximate surface area is 144 Å². The second-order valence-corrected chi connectivity index (χ2v) is 6.06. The molecule has 5 nitrogen and oxygen atoms in total. The van der Waals surface area contributed by atoms with E-state index >= 15 is 0 Å². The fourth-order valence-corrected chi connectivity index (χ4v) is 3.11. The summed E-state index contributed by atoms with van der Waals surface area (Å²) in [7, 11) is 0. The van der Waals surface area contributed by atoms with Gasteiger partial charge in [0.1, 0.15) is 5.82 Å². The molecule has 23 heavy (non-hydrogen) atoms. The molecule has 4 aromatic rings. The van der Waals surface area contributed by atoms with Gasteiger partial charge in [-0.2, -0.15) is 4.68 Å². The second-order valence-electron chi connectivity index (χ2n) is 4.90. The Bertz CT molecular complexity index is 994. The predicted molar refractivity (Wildman–Crippen MR) is 92.6 cm³/mol. The Balaban J connectivity index is 1.92. The maximum absolute atomic E-state index is 14.2. The molecule has 0 aliphatic rings. The first kappa shape index (κ1) is 14.2. The molecule has 0 aliphatic heterocycles. The van der Waals surface area contributed by atoms with Gasteiger partial charge in [-0.25, -0.2) is 4.39 Å². The molecule has 7 heteroatoms. The molecule has 2 heterocycles. The molecule has 0 N–H and O–H groups in total. The molecular formula is C16H9FIN5. The Morgan fingerprint density at radius 2 is 1.91 bits per heavy atom. The molecule has 0 amide bonds. The van der Waals surface area contributed by atoms with E-state index in [4.69, 9.17) is 0 Å². The number of rotatable bonds is 2. The average molecular weight is 417 g/mol. The van der Waals surface area contributed by atoms with Crippen molar-refractivity contribution in [1.82, 2.24) is 25.2 Å². The number of hydrogen-bond donors (Lipinski definition) is 0. The normalized spacial score (nSPS) is 11.0. The van der Waals surface area contributed by atoms with E-state index in [2.05, 4.69) is 43.1 Å². The minimum Gasteiger partial charge on any atom is -0.254 e. The van der Waals surface area contributed by atoms with Crippen LogP contribution in [0.25, 0.3) is 28.0 Å². The van der Waals surface area contributed by atoms with Crippen molar-refractivity contribution in [2.45, 2.75) is 0 Å². The van der Waals surface area contributed by atoms with Crippen molar-refractivity contribution >= 4 is 33.5 Å². The molecule has 0 saturated carbocycles. The number of halogens is 2. The van der Waals surface area contributed by atoms with Crippen LogP contribution >= 0.6 is 22.6 Å². The molecule has 2 aromatic heterocycles. The van der Waals surface area contributed by atoms with Crippen molar-refractivity contribution in [3.63, 3.8) is 0 Å². The van der Waals surface area contributed by atoms with Crippen molar-refractivity contribution < 1.29 is 4.39 Å². The van der Waals surface area contributed by atoms with E-state index in [0.717, 1.165) is 14.5 Å². The van der Waals surface area contributed by atoms with Gasteiger partial charge in [-0.3, -0.25) is 4.98 Å². The van der Waals surface area contributed by atoms with Crippen molar-refractivity contribution in [2.75, 3.05) is 0 Å². The molecule has 0 unspecified atom stereocenters. The third kappa shape index (κ3) is 2.46. The number of para-hydroxylation sites is 1. The maximum atomic E-state index is 14.2. The van der Waals surface area contributed by atoms with Crippen LogP contribution < -0.4 is 0 Å². The number of hydrogen-bond acceptors (Lipinski definition) is 4. The summed E-state index contributed by atoms with van der Waals surface area (Å²) in [5.41, 5.74) is 1.94. The van der Waals surface area contributed by atoms with Gasteiger partial charge in [-0.05, 0) is 57.3 Å². The van der Waals surface area contributed by atoms with Gasteiger partial charge in [0.05, 0.1) is 23.0 Å². The van der Waals surface area contributed by atoms with Crippen molar-refractivity contribution in [2.24, 2.45) is 0 Å². The summed E-state index contributed by atoms with van der Waals surface area (Å²) in [6.07, 6.45) is 1.68. The SMILES string of the molecule is Fc1cccc(I)c1-c1nnnn1-c1cnc2ccccc2c1. The lowest BCUT2D eigenvalue weighted by molar-refractivity contribution is 0.628. The smallest absolute Gasteiger partial charge is 0.191 e. The Hall–Kier alpha value is -2.42. The lowest BCUT2D eigenvalue weighted by Crippen LogP contribution is -2.03. The zero-order chi connectivity index (χ0) is 15.8. The molecule has 0 fully saturated rings. The zero-order valence-electron chi connectivity index (χ0n) is 11.7. The molecule has 2 aromatic carbocycles. The molecule has 0 aliphatic carbocycles. The summed E-state index contributed by atoms with van der Waals surface area (Å²) in [6, 6.07) is 14.6. The van der Waals surface area contributed by atoms with E-state index in [0.29, 0.717) is 17.1 Å². The molecule has 0 radical (unpaired) electrons. The van der Waals surface area contributed by atoms with Crippen LogP contribution in [-0.4, -0.2) is 25.2 Å². The van der Waals surface area contributed by atoms with Gasteiger partial charge in [0.2, 0.25) is 0 Å². The monoisotopic (exact) mass is 417 g/mol. The minimum atomic E-state index is -0.360. The zero-order valence-corrected chi connectivity index (χ0v) is 13.8. The summed E-state index contributed by atoms with van der Waals surface area (Å²) in [4.78, 5) is 4.40. The van der Waals surface area contributed by atoms with E-state index in [1.807, 2.05) is 36.4 Å². The van der Waals surface area contributed by atoms with Crippen LogP contribution in [0.1, 0.15) is 0 Å². The van der Waals surface area contributed by atoms with Crippen molar-refractivity contribution in [3.05, 3.63) is 64.1 Å². The van der Waals surface area contributed by atoms with Crippen molar-refractivity contribution in [1.29, 1.82) is 0 Å². The minimum absolute atomic E-state index is 0.351. The topological polar surface area (TPSA) is 56.5 Å². The van der Waals surface area contributed by atoms with E-state index in [1.54, 1.807) is 12.3 Å². The van der Waals surface area contributed by atoms with Gasteiger partial charge >= 0.3 is 0 Å². The lowest BCUT2D eigenvalue weighted by Gasteiger charge is -2.08. The van der Waals surface area contributed by atoms with Crippen LogP contribution in [-0.2, 0) is 0 Å². The highest BCUT2D eigenvalue weighted by Crippen LogP contribution is 2.28. The predicted octanol–water partition coefficient (Wildman–Crippen LogP) is 3.62. The molecule has 0 bridgehead atoms. The maximum Gasteiger partial charge on any atom is 0.191 e. The molecular weight excluding hydrogens is 408 g/mol. The summed E-state index contributed by atoms with van der Waals surface area (Å²) in [5.74, 6) is -0.00807.